The molecule has 2 rings (SSSR count). The Balaban J connectivity index is 1.66. The third-order valence-electron chi connectivity index (χ3n) is 3.16. The molecule has 2 N–H and O–H groups in total. The van der Waals surface area contributed by atoms with Crippen LogP contribution in [0.3, 0.4) is 0 Å². The Hall–Kier alpha value is -1.06. The van der Waals surface area contributed by atoms with E-state index in [4.69, 9.17) is 4.74 Å². The molecule has 17 heavy (non-hydrogen) atoms. The summed E-state index contributed by atoms with van der Waals surface area (Å²) in [5.74, 6) is 1.59. The molecular formula is C14H21NO2. The number of benzene rings is 1. The lowest BCUT2D eigenvalue weighted by Crippen LogP contribution is -2.33. The minimum absolute atomic E-state index is 0.345. The molecular weight excluding hydrogens is 214 g/mol. The van der Waals surface area contributed by atoms with Gasteiger partial charge < -0.3 is 15.2 Å². The van der Waals surface area contributed by atoms with Crippen molar-refractivity contribution >= 4 is 0 Å². The molecule has 3 heteroatoms. The topological polar surface area (TPSA) is 41.5 Å². The summed E-state index contributed by atoms with van der Waals surface area (Å²) < 4.78 is 5.54. The van der Waals surface area contributed by atoms with Crippen molar-refractivity contribution in [2.45, 2.75) is 32.4 Å². The average Bonchev–Trinajstić information content (AvgIpc) is 3.00. The van der Waals surface area contributed by atoms with Gasteiger partial charge in [0, 0.05) is 12.6 Å². The van der Waals surface area contributed by atoms with Gasteiger partial charge in [0.15, 0.2) is 0 Å². The van der Waals surface area contributed by atoms with E-state index in [2.05, 4.69) is 12.2 Å². The van der Waals surface area contributed by atoms with Gasteiger partial charge in [0.1, 0.15) is 18.5 Å². The fourth-order valence-corrected chi connectivity index (χ4v) is 1.85. The molecule has 0 spiro atoms. The maximum atomic E-state index is 9.76. The molecule has 0 amide bonds. The second kappa shape index (κ2) is 5.52. The second-order valence-electron chi connectivity index (χ2n) is 5.01. The van der Waals surface area contributed by atoms with Crippen LogP contribution in [0.25, 0.3) is 0 Å². The van der Waals surface area contributed by atoms with Crippen molar-refractivity contribution in [2.75, 3.05) is 13.2 Å². The molecule has 3 unspecified atom stereocenters. The van der Waals surface area contributed by atoms with E-state index in [0.717, 1.165) is 11.7 Å². The first-order valence-electron chi connectivity index (χ1n) is 6.26. The molecule has 1 aliphatic carbocycles. The number of hydrogen-bond donors (Lipinski definition) is 2. The van der Waals surface area contributed by atoms with Gasteiger partial charge in [0.2, 0.25) is 0 Å². The Labute approximate surface area is 103 Å². The summed E-state index contributed by atoms with van der Waals surface area (Å²) in [6.45, 7) is 5.20. The van der Waals surface area contributed by atoms with Gasteiger partial charge in [-0.05, 0) is 37.0 Å². The van der Waals surface area contributed by atoms with Crippen LogP contribution in [0.5, 0.6) is 5.75 Å². The summed E-state index contributed by atoms with van der Waals surface area (Å²) >= 11 is 0. The number of aliphatic hydroxyl groups is 1. The van der Waals surface area contributed by atoms with Gasteiger partial charge in [-0.25, -0.2) is 0 Å². The Morgan fingerprint density at radius 3 is 2.94 bits per heavy atom. The summed E-state index contributed by atoms with van der Waals surface area (Å²) in [5, 5.41) is 13.1. The lowest BCUT2D eigenvalue weighted by Gasteiger charge is -2.13. The van der Waals surface area contributed by atoms with Crippen LogP contribution < -0.4 is 10.1 Å². The SMILES string of the molecule is Cc1cccc(OCC(O)CNC2CC2C)c1. The molecule has 0 aromatic heterocycles. The normalized spacial score (nSPS) is 24.4. The largest absolute Gasteiger partial charge is 0.491 e. The van der Waals surface area contributed by atoms with E-state index in [1.807, 2.05) is 31.2 Å². The van der Waals surface area contributed by atoms with Gasteiger partial charge in [-0.3, -0.25) is 0 Å². The van der Waals surface area contributed by atoms with E-state index in [-0.39, 0.29) is 0 Å². The van der Waals surface area contributed by atoms with Crippen LogP contribution in [0.15, 0.2) is 24.3 Å². The fraction of sp³-hybridized carbons (Fsp3) is 0.571. The van der Waals surface area contributed by atoms with Gasteiger partial charge in [-0.15, -0.1) is 0 Å². The van der Waals surface area contributed by atoms with E-state index < -0.39 is 6.10 Å². The van der Waals surface area contributed by atoms with Crippen molar-refractivity contribution in [2.24, 2.45) is 5.92 Å². The van der Waals surface area contributed by atoms with Crippen LogP contribution in [0.2, 0.25) is 0 Å². The molecule has 1 aromatic carbocycles. The number of aliphatic hydroxyl groups excluding tert-OH is 1. The smallest absolute Gasteiger partial charge is 0.119 e. The van der Waals surface area contributed by atoms with Crippen molar-refractivity contribution in [3.05, 3.63) is 29.8 Å². The highest BCUT2D eigenvalue weighted by molar-refractivity contribution is 5.27. The zero-order chi connectivity index (χ0) is 12.3. The van der Waals surface area contributed by atoms with E-state index >= 15 is 0 Å². The number of hydrogen-bond acceptors (Lipinski definition) is 3. The Morgan fingerprint density at radius 2 is 2.29 bits per heavy atom. The third-order valence-corrected chi connectivity index (χ3v) is 3.16. The van der Waals surface area contributed by atoms with E-state index in [0.29, 0.717) is 19.2 Å². The second-order valence-corrected chi connectivity index (χ2v) is 5.01. The Bertz CT molecular complexity index is 367. The highest BCUT2D eigenvalue weighted by Gasteiger charge is 2.32. The van der Waals surface area contributed by atoms with E-state index in [9.17, 15) is 5.11 Å². The van der Waals surface area contributed by atoms with Gasteiger partial charge in [-0.1, -0.05) is 19.1 Å². The number of ether oxygens (including phenoxy) is 1. The molecule has 3 nitrogen and oxygen atoms in total. The fourth-order valence-electron chi connectivity index (χ4n) is 1.85. The average molecular weight is 235 g/mol. The van der Waals surface area contributed by atoms with Crippen LogP contribution in [0, 0.1) is 12.8 Å². The standard InChI is InChI=1S/C14H21NO2/c1-10-4-3-5-13(6-10)17-9-12(16)8-15-14-7-11(14)2/h3-6,11-12,14-16H,7-9H2,1-2H3. The summed E-state index contributed by atoms with van der Waals surface area (Å²) in [4.78, 5) is 0. The lowest BCUT2D eigenvalue weighted by molar-refractivity contribution is 0.106. The molecule has 1 aliphatic rings. The molecule has 1 aromatic rings. The first-order chi connectivity index (χ1) is 8.15. The van der Waals surface area contributed by atoms with Crippen molar-refractivity contribution in [1.29, 1.82) is 0 Å². The van der Waals surface area contributed by atoms with Crippen LogP contribution >= 0.6 is 0 Å². The van der Waals surface area contributed by atoms with Gasteiger partial charge >= 0.3 is 0 Å². The molecule has 3 atom stereocenters. The van der Waals surface area contributed by atoms with Crippen molar-refractivity contribution in [1.82, 2.24) is 5.32 Å². The predicted molar refractivity (Wildman–Crippen MR) is 68.3 cm³/mol. The number of nitrogens with one attached hydrogen (secondary N) is 1. The maximum absolute atomic E-state index is 9.76. The maximum Gasteiger partial charge on any atom is 0.119 e. The van der Waals surface area contributed by atoms with Crippen LogP contribution in [-0.2, 0) is 0 Å². The summed E-state index contributed by atoms with van der Waals surface area (Å²) in [7, 11) is 0. The quantitative estimate of drug-likeness (QED) is 0.789. The third kappa shape index (κ3) is 4.02. The zero-order valence-electron chi connectivity index (χ0n) is 10.5. The van der Waals surface area contributed by atoms with Crippen LogP contribution in [0.1, 0.15) is 18.9 Å². The Morgan fingerprint density at radius 1 is 1.53 bits per heavy atom. The molecule has 0 saturated heterocycles. The van der Waals surface area contributed by atoms with E-state index in [1.165, 1.54) is 12.0 Å². The highest BCUT2D eigenvalue weighted by Crippen LogP contribution is 2.28. The molecule has 1 saturated carbocycles. The Kier molecular flexibility index (Phi) is 4.02. The van der Waals surface area contributed by atoms with Crippen LogP contribution in [0.4, 0.5) is 0 Å². The molecule has 0 aliphatic heterocycles. The first-order valence-corrected chi connectivity index (χ1v) is 6.26. The molecule has 1 fully saturated rings. The zero-order valence-corrected chi connectivity index (χ0v) is 10.5. The summed E-state index contributed by atoms with van der Waals surface area (Å²) in [6.07, 6.45) is 0.786. The minimum atomic E-state index is -0.441. The monoisotopic (exact) mass is 235 g/mol. The van der Waals surface area contributed by atoms with E-state index in [1.54, 1.807) is 0 Å². The minimum Gasteiger partial charge on any atom is -0.491 e. The van der Waals surface area contributed by atoms with Gasteiger partial charge in [0.05, 0.1) is 0 Å². The number of aryl methyl sites for hydroxylation is 1. The summed E-state index contributed by atoms with van der Waals surface area (Å²) in [5.41, 5.74) is 1.17. The highest BCUT2D eigenvalue weighted by atomic mass is 16.5. The predicted octanol–water partition coefficient (Wildman–Crippen LogP) is 1.73. The van der Waals surface area contributed by atoms with Crippen molar-refractivity contribution in [3.63, 3.8) is 0 Å². The molecule has 94 valence electrons. The lowest BCUT2D eigenvalue weighted by atomic mass is 10.2. The number of rotatable bonds is 6. The van der Waals surface area contributed by atoms with Gasteiger partial charge in [0.25, 0.3) is 0 Å². The van der Waals surface area contributed by atoms with Crippen molar-refractivity contribution < 1.29 is 9.84 Å². The van der Waals surface area contributed by atoms with Crippen LogP contribution in [-0.4, -0.2) is 30.4 Å². The van der Waals surface area contributed by atoms with Crippen molar-refractivity contribution in [3.8, 4) is 5.75 Å². The molecule has 0 heterocycles. The first kappa shape index (κ1) is 12.4. The molecule has 0 radical (unpaired) electrons. The van der Waals surface area contributed by atoms with Gasteiger partial charge in [-0.2, -0.15) is 0 Å². The molecule has 0 bridgehead atoms. The summed E-state index contributed by atoms with van der Waals surface area (Å²) in [6, 6.07) is 8.48.